The molecule has 0 radical (unpaired) electrons. The van der Waals surface area contributed by atoms with Crippen LogP contribution in [0.3, 0.4) is 0 Å². The van der Waals surface area contributed by atoms with Gasteiger partial charge in [0.25, 0.3) is 0 Å². The Morgan fingerprint density at radius 2 is 1.76 bits per heavy atom. The van der Waals surface area contributed by atoms with Crippen molar-refractivity contribution < 1.29 is 14.6 Å². The first-order valence-corrected chi connectivity index (χ1v) is 6.62. The van der Waals surface area contributed by atoms with Gasteiger partial charge >= 0.3 is 5.97 Å². The summed E-state index contributed by atoms with van der Waals surface area (Å²) in [6.45, 7) is 3.93. The molecule has 0 spiro atoms. The summed E-state index contributed by atoms with van der Waals surface area (Å²) < 4.78 is 5.56. The summed E-state index contributed by atoms with van der Waals surface area (Å²) >= 11 is 0. The summed E-state index contributed by atoms with van der Waals surface area (Å²) in [4.78, 5) is 11.0. The Balaban J connectivity index is 2.14. The summed E-state index contributed by atoms with van der Waals surface area (Å²) in [7, 11) is 0. The highest BCUT2D eigenvalue weighted by atomic mass is 16.5. The minimum atomic E-state index is -1.04. The molecule has 110 valence electrons. The Kier molecular flexibility index (Phi) is 4.33. The fourth-order valence-electron chi connectivity index (χ4n) is 1.87. The van der Waals surface area contributed by atoms with Crippen LogP contribution in [0.5, 0.6) is 5.75 Å². The minimum Gasteiger partial charge on any atom is -0.491 e. The lowest BCUT2D eigenvalue weighted by atomic mass is 10.1. The highest BCUT2D eigenvalue weighted by molar-refractivity contribution is 5.95. The van der Waals surface area contributed by atoms with Gasteiger partial charge in [0, 0.05) is 17.1 Å². The Hall–Kier alpha value is -2.69. The summed E-state index contributed by atoms with van der Waals surface area (Å²) in [5.41, 5.74) is 7.46. The molecule has 0 aliphatic carbocycles. The van der Waals surface area contributed by atoms with Gasteiger partial charge in [0.05, 0.1) is 11.7 Å². The predicted molar refractivity (Wildman–Crippen MR) is 83.3 cm³/mol. The second kappa shape index (κ2) is 6.17. The minimum absolute atomic E-state index is 0.0831. The van der Waals surface area contributed by atoms with Crippen LogP contribution in [0.15, 0.2) is 42.5 Å². The van der Waals surface area contributed by atoms with E-state index in [0.29, 0.717) is 5.69 Å². The molecular weight excluding hydrogens is 268 g/mol. The van der Waals surface area contributed by atoms with Crippen molar-refractivity contribution >= 4 is 23.0 Å². The fraction of sp³-hybridized carbons (Fsp3) is 0.188. The third-order valence-electron chi connectivity index (χ3n) is 2.80. The Morgan fingerprint density at radius 3 is 2.33 bits per heavy atom. The zero-order chi connectivity index (χ0) is 15.4. The van der Waals surface area contributed by atoms with Crippen LogP contribution in [-0.4, -0.2) is 17.2 Å². The van der Waals surface area contributed by atoms with E-state index in [1.807, 2.05) is 38.1 Å². The van der Waals surface area contributed by atoms with E-state index < -0.39 is 5.97 Å². The summed E-state index contributed by atoms with van der Waals surface area (Å²) in [6, 6.07) is 12.3. The maximum atomic E-state index is 11.0. The van der Waals surface area contributed by atoms with E-state index in [2.05, 4.69) is 5.32 Å². The van der Waals surface area contributed by atoms with Gasteiger partial charge < -0.3 is 20.9 Å². The number of nitrogen functional groups attached to an aromatic ring is 1. The monoisotopic (exact) mass is 286 g/mol. The van der Waals surface area contributed by atoms with Crippen LogP contribution >= 0.6 is 0 Å². The second-order valence-electron chi connectivity index (χ2n) is 4.92. The number of carboxylic acids is 1. The number of benzene rings is 2. The molecule has 5 heteroatoms. The molecular formula is C16H18N2O3. The number of anilines is 3. The largest absolute Gasteiger partial charge is 0.491 e. The highest BCUT2D eigenvalue weighted by Crippen LogP contribution is 2.23. The lowest BCUT2D eigenvalue weighted by Gasteiger charge is -2.12. The average Bonchev–Trinajstić information content (AvgIpc) is 2.42. The molecule has 0 atom stereocenters. The quantitative estimate of drug-likeness (QED) is 0.732. The van der Waals surface area contributed by atoms with Crippen LogP contribution in [-0.2, 0) is 0 Å². The summed E-state index contributed by atoms with van der Waals surface area (Å²) in [6.07, 6.45) is 0.124. The molecule has 0 saturated heterocycles. The zero-order valence-electron chi connectivity index (χ0n) is 12.0. The van der Waals surface area contributed by atoms with Crippen molar-refractivity contribution in [3.63, 3.8) is 0 Å². The Bertz CT molecular complexity index is 636. The first-order chi connectivity index (χ1) is 9.95. The molecule has 2 rings (SSSR count). The SMILES string of the molecule is CC(C)Oc1ccc(Nc2ccc(N)c(C(=O)O)c2)cc1. The first kappa shape index (κ1) is 14.7. The summed E-state index contributed by atoms with van der Waals surface area (Å²) in [5.74, 6) is -0.254. The van der Waals surface area contributed by atoms with Crippen molar-refractivity contribution in [1.29, 1.82) is 0 Å². The maximum absolute atomic E-state index is 11.0. The van der Waals surface area contributed by atoms with Gasteiger partial charge in [0.15, 0.2) is 0 Å². The molecule has 0 bridgehead atoms. The van der Waals surface area contributed by atoms with Crippen LogP contribution < -0.4 is 15.8 Å². The fourth-order valence-corrected chi connectivity index (χ4v) is 1.87. The molecule has 0 heterocycles. The number of aromatic carboxylic acids is 1. The van der Waals surface area contributed by atoms with E-state index in [9.17, 15) is 4.79 Å². The Morgan fingerprint density at radius 1 is 1.14 bits per heavy atom. The van der Waals surface area contributed by atoms with Crippen LogP contribution in [0.2, 0.25) is 0 Å². The van der Waals surface area contributed by atoms with E-state index >= 15 is 0 Å². The van der Waals surface area contributed by atoms with Crippen molar-refractivity contribution in [3.8, 4) is 5.75 Å². The van der Waals surface area contributed by atoms with E-state index in [4.69, 9.17) is 15.6 Å². The molecule has 5 nitrogen and oxygen atoms in total. The lowest BCUT2D eigenvalue weighted by molar-refractivity contribution is 0.0698. The molecule has 0 fully saturated rings. The molecule has 2 aromatic rings. The maximum Gasteiger partial charge on any atom is 0.337 e. The van der Waals surface area contributed by atoms with Crippen LogP contribution in [0.1, 0.15) is 24.2 Å². The second-order valence-corrected chi connectivity index (χ2v) is 4.92. The number of hydrogen-bond acceptors (Lipinski definition) is 4. The highest BCUT2D eigenvalue weighted by Gasteiger charge is 2.08. The molecule has 2 aromatic carbocycles. The number of carbonyl (C=O) groups is 1. The lowest BCUT2D eigenvalue weighted by Crippen LogP contribution is -2.05. The third kappa shape index (κ3) is 3.89. The number of hydrogen-bond donors (Lipinski definition) is 3. The molecule has 0 amide bonds. The smallest absolute Gasteiger partial charge is 0.337 e. The van der Waals surface area contributed by atoms with Crippen molar-refractivity contribution in [2.45, 2.75) is 20.0 Å². The van der Waals surface area contributed by atoms with Crippen molar-refractivity contribution in [1.82, 2.24) is 0 Å². The first-order valence-electron chi connectivity index (χ1n) is 6.62. The van der Waals surface area contributed by atoms with Crippen molar-refractivity contribution in [2.75, 3.05) is 11.1 Å². The summed E-state index contributed by atoms with van der Waals surface area (Å²) in [5, 5.41) is 12.2. The molecule has 0 saturated carbocycles. The van der Waals surface area contributed by atoms with Gasteiger partial charge in [-0.15, -0.1) is 0 Å². The van der Waals surface area contributed by atoms with Crippen LogP contribution in [0, 0.1) is 0 Å². The van der Waals surface area contributed by atoms with E-state index in [0.717, 1.165) is 11.4 Å². The predicted octanol–water partition coefficient (Wildman–Crippen LogP) is 3.50. The van der Waals surface area contributed by atoms with Gasteiger partial charge in [0.2, 0.25) is 0 Å². The molecule has 4 N–H and O–H groups in total. The van der Waals surface area contributed by atoms with Crippen molar-refractivity contribution in [2.24, 2.45) is 0 Å². The van der Waals surface area contributed by atoms with Crippen LogP contribution in [0.4, 0.5) is 17.1 Å². The number of nitrogens with two attached hydrogens (primary N) is 1. The molecule has 0 unspecified atom stereocenters. The molecule has 0 aliphatic rings. The molecule has 0 aromatic heterocycles. The number of carboxylic acid groups (broad SMARTS) is 1. The van der Waals surface area contributed by atoms with Gasteiger partial charge in [-0.25, -0.2) is 4.79 Å². The number of nitrogens with one attached hydrogen (secondary N) is 1. The van der Waals surface area contributed by atoms with E-state index in [1.54, 1.807) is 12.1 Å². The van der Waals surface area contributed by atoms with Crippen LogP contribution in [0.25, 0.3) is 0 Å². The van der Waals surface area contributed by atoms with E-state index in [1.165, 1.54) is 6.07 Å². The standard InChI is InChI=1S/C16H18N2O3/c1-10(2)21-13-6-3-11(4-7-13)18-12-5-8-15(17)14(9-12)16(19)20/h3-10,18H,17H2,1-2H3,(H,19,20). The number of rotatable bonds is 5. The zero-order valence-corrected chi connectivity index (χ0v) is 12.0. The van der Waals surface area contributed by atoms with Gasteiger partial charge in [-0.2, -0.15) is 0 Å². The van der Waals surface area contributed by atoms with Crippen molar-refractivity contribution in [3.05, 3.63) is 48.0 Å². The van der Waals surface area contributed by atoms with Gasteiger partial charge in [-0.05, 0) is 56.3 Å². The molecule has 21 heavy (non-hydrogen) atoms. The van der Waals surface area contributed by atoms with E-state index in [-0.39, 0.29) is 17.4 Å². The third-order valence-corrected chi connectivity index (χ3v) is 2.80. The van der Waals surface area contributed by atoms with Gasteiger partial charge in [-0.3, -0.25) is 0 Å². The average molecular weight is 286 g/mol. The topological polar surface area (TPSA) is 84.6 Å². The number of ether oxygens (including phenoxy) is 1. The van der Waals surface area contributed by atoms with Gasteiger partial charge in [-0.1, -0.05) is 0 Å². The Labute approximate surface area is 123 Å². The molecule has 0 aliphatic heterocycles. The normalized spacial score (nSPS) is 10.4. The van der Waals surface area contributed by atoms with Gasteiger partial charge in [0.1, 0.15) is 5.75 Å².